The third kappa shape index (κ3) is 5.39. The van der Waals surface area contributed by atoms with Crippen molar-refractivity contribution in [3.63, 3.8) is 0 Å². The van der Waals surface area contributed by atoms with Crippen LogP contribution in [0.5, 0.6) is 17.5 Å². The normalized spacial score (nSPS) is 23.6. The van der Waals surface area contributed by atoms with Crippen LogP contribution < -0.4 is 9.47 Å². The number of amides is 1. The van der Waals surface area contributed by atoms with Gasteiger partial charge in [-0.3, -0.25) is 0 Å². The van der Waals surface area contributed by atoms with E-state index in [0.29, 0.717) is 46.4 Å². The molecule has 9 nitrogen and oxygen atoms in total. The number of hydrogen-bond donors (Lipinski definition) is 0. The molecule has 0 N–H and O–H groups in total. The number of piperidine rings is 1. The standard InChI is InChI=1S/C27H35N3O6S/c1-16-12-22(37(32,33)21-8-9-21)10-11-23(16)35-25-17(2)24(28-15-29-25)34-20-13-18-6-7-19(14-20)30(18)26(31)36-27(3,4)5/h10-12,15,18-21H,6-9,13-14H2,1-5H3/t18-,19?,20?/m0/s1. The molecule has 3 aliphatic rings. The Morgan fingerprint density at radius 3 is 2.24 bits per heavy atom. The van der Waals surface area contributed by atoms with Crippen molar-refractivity contribution in [2.24, 2.45) is 0 Å². The predicted octanol–water partition coefficient (Wildman–Crippen LogP) is 5.13. The maximum atomic E-state index is 12.7. The molecule has 0 spiro atoms. The molecule has 200 valence electrons. The van der Waals surface area contributed by atoms with E-state index < -0.39 is 15.4 Å². The maximum absolute atomic E-state index is 12.7. The Labute approximate surface area is 218 Å². The first-order chi connectivity index (χ1) is 17.4. The highest BCUT2D eigenvalue weighted by Gasteiger charge is 2.46. The Bertz CT molecular complexity index is 1290. The zero-order valence-electron chi connectivity index (χ0n) is 22.1. The summed E-state index contributed by atoms with van der Waals surface area (Å²) in [6.45, 7) is 9.31. The van der Waals surface area contributed by atoms with Crippen LogP contribution >= 0.6 is 0 Å². The highest BCUT2D eigenvalue weighted by atomic mass is 32.2. The van der Waals surface area contributed by atoms with Gasteiger partial charge in [0.05, 0.1) is 15.7 Å². The summed E-state index contributed by atoms with van der Waals surface area (Å²) >= 11 is 0. The number of carbonyl (C=O) groups excluding carboxylic acids is 1. The summed E-state index contributed by atoms with van der Waals surface area (Å²) in [6, 6.07) is 5.11. The second-order valence-electron chi connectivity index (χ2n) is 11.4. The Kier molecular flexibility index (Phi) is 6.58. The number of sulfone groups is 1. The van der Waals surface area contributed by atoms with Crippen LogP contribution in [-0.4, -0.2) is 58.4 Å². The molecule has 10 heteroatoms. The molecule has 3 heterocycles. The first kappa shape index (κ1) is 25.8. The van der Waals surface area contributed by atoms with E-state index in [2.05, 4.69) is 9.97 Å². The van der Waals surface area contributed by atoms with Crippen LogP contribution in [0.2, 0.25) is 0 Å². The second-order valence-corrected chi connectivity index (χ2v) is 13.6. The highest BCUT2D eigenvalue weighted by molar-refractivity contribution is 7.92. The predicted molar refractivity (Wildman–Crippen MR) is 137 cm³/mol. The lowest BCUT2D eigenvalue weighted by molar-refractivity contribution is -0.00773. The van der Waals surface area contributed by atoms with Gasteiger partial charge in [0.15, 0.2) is 9.84 Å². The van der Waals surface area contributed by atoms with E-state index in [9.17, 15) is 13.2 Å². The number of fused-ring (bicyclic) bond motifs is 2. The number of aromatic nitrogens is 2. The van der Waals surface area contributed by atoms with Crippen LogP contribution in [0, 0.1) is 13.8 Å². The number of benzene rings is 1. The fraction of sp³-hybridized carbons (Fsp3) is 0.593. The van der Waals surface area contributed by atoms with Gasteiger partial charge in [-0.05, 0) is 84.1 Å². The SMILES string of the molecule is Cc1cc(S(=O)(=O)C2CC2)ccc1Oc1ncnc(OC2CC3CC[C@@H](C2)N3C(=O)OC(C)(C)C)c1C. The number of rotatable bonds is 6. The van der Waals surface area contributed by atoms with E-state index in [1.54, 1.807) is 18.2 Å². The lowest BCUT2D eigenvalue weighted by atomic mass is 10.00. The van der Waals surface area contributed by atoms with Gasteiger partial charge < -0.3 is 19.1 Å². The molecule has 3 atom stereocenters. The van der Waals surface area contributed by atoms with Gasteiger partial charge in [-0.1, -0.05) is 0 Å². The fourth-order valence-corrected chi connectivity index (χ4v) is 6.96. The Hall–Kier alpha value is -2.88. The number of ether oxygens (including phenoxy) is 3. The zero-order chi connectivity index (χ0) is 26.5. The molecule has 2 saturated heterocycles. The average molecular weight is 530 g/mol. The number of aryl methyl sites for hydroxylation is 1. The number of hydrogen-bond acceptors (Lipinski definition) is 8. The van der Waals surface area contributed by atoms with Crippen molar-refractivity contribution >= 4 is 15.9 Å². The third-order valence-corrected chi connectivity index (χ3v) is 9.47. The monoisotopic (exact) mass is 529 g/mol. The lowest BCUT2D eigenvalue weighted by Crippen LogP contribution is -2.50. The lowest BCUT2D eigenvalue weighted by Gasteiger charge is -2.39. The van der Waals surface area contributed by atoms with Crippen LogP contribution in [0.1, 0.15) is 70.4 Å². The van der Waals surface area contributed by atoms with E-state index in [0.717, 1.165) is 25.7 Å². The van der Waals surface area contributed by atoms with Gasteiger partial charge in [0.25, 0.3) is 0 Å². The summed E-state index contributed by atoms with van der Waals surface area (Å²) in [5, 5.41) is -0.256. The van der Waals surface area contributed by atoms with Gasteiger partial charge >= 0.3 is 6.09 Å². The summed E-state index contributed by atoms with van der Waals surface area (Å²) < 4.78 is 43.1. The Morgan fingerprint density at radius 2 is 1.65 bits per heavy atom. The van der Waals surface area contributed by atoms with Crippen molar-refractivity contribution in [3.05, 3.63) is 35.7 Å². The molecule has 1 amide bonds. The smallest absolute Gasteiger partial charge is 0.410 e. The van der Waals surface area contributed by atoms with Crippen LogP contribution in [0.15, 0.2) is 29.4 Å². The van der Waals surface area contributed by atoms with Crippen LogP contribution in [0.3, 0.4) is 0 Å². The molecule has 1 aromatic heterocycles. The van der Waals surface area contributed by atoms with Crippen molar-refractivity contribution in [1.82, 2.24) is 14.9 Å². The summed E-state index contributed by atoms with van der Waals surface area (Å²) in [6.07, 6.45) is 5.83. The molecule has 2 unspecified atom stereocenters. The fourth-order valence-electron chi connectivity index (χ4n) is 5.22. The minimum atomic E-state index is -3.27. The van der Waals surface area contributed by atoms with Gasteiger partial charge in [-0.15, -0.1) is 0 Å². The molecule has 3 fully saturated rings. The second kappa shape index (κ2) is 9.45. The molecule has 2 aliphatic heterocycles. The molecular weight excluding hydrogens is 494 g/mol. The largest absolute Gasteiger partial charge is 0.474 e. The minimum Gasteiger partial charge on any atom is -0.474 e. The van der Waals surface area contributed by atoms with Gasteiger partial charge in [-0.25, -0.2) is 23.2 Å². The van der Waals surface area contributed by atoms with Crippen LogP contribution in [0.4, 0.5) is 4.79 Å². The van der Waals surface area contributed by atoms with Gasteiger partial charge in [0.2, 0.25) is 11.8 Å². The van der Waals surface area contributed by atoms with E-state index in [1.165, 1.54) is 6.33 Å². The van der Waals surface area contributed by atoms with E-state index >= 15 is 0 Å². The number of carbonyl (C=O) groups is 1. The molecule has 0 radical (unpaired) electrons. The van der Waals surface area contributed by atoms with Crippen molar-refractivity contribution in [2.75, 3.05) is 0 Å². The molecule has 1 aromatic carbocycles. The molecule has 1 saturated carbocycles. The van der Waals surface area contributed by atoms with Gasteiger partial charge in [-0.2, -0.15) is 0 Å². The third-order valence-electron chi connectivity index (χ3n) is 7.21. The topological polar surface area (TPSA) is 108 Å². The number of nitrogens with zero attached hydrogens (tertiary/aromatic N) is 3. The summed E-state index contributed by atoms with van der Waals surface area (Å²) in [4.78, 5) is 23.6. The first-order valence-corrected chi connectivity index (χ1v) is 14.5. The maximum Gasteiger partial charge on any atom is 0.410 e. The van der Waals surface area contributed by atoms with Crippen molar-refractivity contribution < 1.29 is 27.4 Å². The Morgan fingerprint density at radius 1 is 1.00 bits per heavy atom. The molecule has 1 aliphatic carbocycles. The molecule has 37 heavy (non-hydrogen) atoms. The zero-order valence-corrected chi connectivity index (χ0v) is 22.9. The van der Waals surface area contributed by atoms with E-state index in [4.69, 9.17) is 14.2 Å². The molecule has 5 rings (SSSR count). The highest BCUT2D eigenvalue weighted by Crippen LogP contribution is 2.40. The van der Waals surface area contributed by atoms with Crippen LogP contribution in [-0.2, 0) is 14.6 Å². The quantitative estimate of drug-likeness (QED) is 0.507. The molecule has 2 aromatic rings. The van der Waals surface area contributed by atoms with Gasteiger partial charge in [0.1, 0.15) is 23.8 Å². The van der Waals surface area contributed by atoms with Crippen LogP contribution in [0.25, 0.3) is 0 Å². The van der Waals surface area contributed by atoms with Crippen molar-refractivity contribution in [2.45, 2.75) is 107 Å². The van der Waals surface area contributed by atoms with E-state index in [-0.39, 0.29) is 29.5 Å². The average Bonchev–Trinajstić information content (AvgIpc) is 3.62. The molecular formula is C27H35N3O6S. The minimum absolute atomic E-state index is 0.0775. The summed E-state index contributed by atoms with van der Waals surface area (Å²) in [7, 11) is -3.27. The van der Waals surface area contributed by atoms with Crippen molar-refractivity contribution in [1.29, 1.82) is 0 Å². The van der Waals surface area contributed by atoms with Gasteiger partial charge in [0, 0.05) is 24.9 Å². The first-order valence-electron chi connectivity index (χ1n) is 12.9. The van der Waals surface area contributed by atoms with Crippen molar-refractivity contribution in [3.8, 4) is 17.5 Å². The Balaban J connectivity index is 1.27. The summed E-state index contributed by atoms with van der Waals surface area (Å²) in [5.41, 5.74) is 0.856. The summed E-state index contributed by atoms with van der Waals surface area (Å²) in [5.74, 6) is 1.34. The van der Waals surface area contributed by atoms with E-state index in [1.807, 2.05) is 39.5 Å². The molecule has 2 bridgehead atoms.